The van der Waals surface area contributed by atoms with Crippen LogP contribution in [0.15, 0.2) is 48.2 Å². The van der Waals surface area contributed by atoms with Crippen LogP contribution in [0.4, 0.5) is 4.39 Å². The highest BCUT2D eigenvalue weighted by atomic mass is 19.1. The third-order valence-corrected chi connectivity index (χ3v) is 5.78. The molecule has 6 heteroatoms. The van der Waals surface area contributed by atoms with Gasteiger partial charge in [0.2, 0.25) is 0 Å². The zero-order chi connectivity index (χ0) is 22.3. The van der Waals surface area contributed by atoms with E-state index in [4.69, 9.17) is 4.74 Å². The summed E-state index contributed by atoms with van der Waals surface area (Å²) in [4.78, 5) is 30.4. The molecule has 0 aromatic heterocycles. The number of benzene rings is 2. The van der Waals surface area contributed by atoms with Gasteiger partial charge in [-0.3, -0.25) is 14.5 Å². The van der Waals surface area contributed by atoms with E-state index in [1.807, 2.05) is 50.8 Å². The summed E-state index contributed by atoms with van der Waals surface area (Å²) in [6.45, 7) is 9.08. The highest BCUT2D eigenvalue weighted by molar-refractivity contribution is 6.35. The number of carbonyl (C=O) groups excluding carboxylic acids is 2. The summed E-state index contributed by atoms with van der Waals surface area (Å²) in [6, 6.07) is 11.8. The predicted octanol–water partition coefficient (Wildman–Crippen LogP) is 3.83. The summed E-state index contributed by atoms with van der Waals surface area (Å²) in [6.07, 6.45) is -0.101. The quantitative estimate of drug-likeness (QED) is 0.703. The lowest BCUT2D eigenvalue weighted by Crippen LogP contribution is -2.46. The van der Waals surface area contributed by atoms with Gasteiger partial charge in [0.15, 0.2) is 0 Å². The summed E-state index contributed by atoms with van der Waals surface area (Å²) >= 11 is 0. The van der Waals surface area contributed by atoms with Crippen molar-refractivity contribution in [1.29, 1.82) is 0 Å². The van der Waals surface area contributed by atoms with Gasteiger partial charge in [0.05, 0.1) is 24.3 Å². The predicted molar refractivity (Wildman–Crippen MR) is 116 cm³/mol. The number of rotatable bonds is 4. The minimum absolute atomic E-state index is 0.0503. The topological polar surface area (TPSA) is 49.9 Å². The van der Waals surface area contributed by atoms with Crippen LogP contribution in [0, 0.1) is 19.7 Å². The number of amides is 2. The molecule has 0 N–H and O–H groups in total. The fourth-order valence-corrected chi connectivity index (χ4v) is 4.47. The molecule has 4 rings (SSSR count). The van der Waals surface area contributed by atoms with Gasteiger partial charge in [-0.2, -0.15) is 0 Å². The molecule has 1 fully saturated rings. The zero-order valence-corrected chi connectivity index (χ0v) is 18.3. The number of halogens is 1. The number of imide groups is 1. The van der Waals surface area contributed by atoms with Crippen molar-refractivity contribution in [2.75, 3.05) is 13.1 Å². The monoisotopic (exact) mass is 422 g/mol. The lowest BCUT2D eigenvalue weighted by atomic mass is 9.97. The molecule has 0 bridgehead atoms. The van der Waals surface area contributed by atoms with E-state index in [-0.39, 0.29) is 36.4 Å². The van der Waals surface area contributed by atoms with Crippen LogP contribution in [0.5, 0.6) is 0 Å². The number of carbonyl (C=O) groups is 2. The molecule has 0 aliphatic carbocycles. The first-order valence-electron chi connectivity index (χ1n) is 10.6. The average molecular weight is 423 g/mol. The van der Waals surface area contributed by atoms with Crippen LogP contribution in [0.3, 0.4) is 0 Å². The minimum atomic E-state index is -0.353. The number of morpholine rings is 1. The Morgan fingerprint density at radius 3 is 2.23 bits per heavy atom. The highest BCUT2D eigenvalue weighted by Gasteiger charge is 2.43. The first-order chi connectivity index (χ1) is 14.7. The van der Waals surface area contributed by atoms with Crippen molar-refractivity contribution in [2.24, 2.45) is 0 Å². The third-order valence-electron chi connectivity index (χ3n) is 5.78. The SMILES string of the molecule is Cc1ccc(C2=C(N3CC(C)OC(C)C3)C(=O)N(Cc3ccc(F)cc3)C2=O)c(C)c1. The van der Waals surface area contributed by atoms with Crippen molar-refractivity contribution in [1.82, 2.24) is 9.80 Å². The summed E-state index contributed by atoms with van der Waals surface area (Å²) in [5.41, 5.74) is 4.39. The van der Waals surface area contributed by atoms with Gasteiger partial charge in [-0.15, -0.1) is 0 Å². The van der Waals surface area contributed by atoms with E-state index >= 15 is 0 Å². The molecule has 2 aromatic rings. The Hall–Kier alpha value is -2.99. The third kappa shape index (κ3) is 4.12. The number of hydrogen-bond acceptors (Lipinski definition) is 4. The highest BCUT2D eigenvalue weighted by Crippen LogP contribution is 2.35. The molecular formula is C25H27FN2O3. The minimum Gasteiger partial charge on any atom is -0.372 e. The van der Waals surface area contributed by atoms with Crippen LogP contribution in [0.1, 0.15) is 36.1 Å². The molecule has 2 heterocycles. The molecule has 31 heavy (non-hydrogen) atoms. The Bertz CT molecular complexity index is 1050. The second-order valence-electron chi connectivity index (χ2n) is 8.53. The number of hydrogen-bond donors (Lipinski definition) is 0. The molecule has 2 atom stereocenters. The van der Waals surface area contributed by atoms with Crippen molar-refractivity contribution in [3.05, 3.63) is 76.2 Å². The van der Waals surface area contributed by atoms with E-state index in [0.29, 0.717) is 29.9 Å². The van der Waals surface area contributed by atoms with Crippen molar-refractivity contribution >= 4 is 17.4 Å². The van der Waals surface area contributed by atoms with E-state index in [1.54, 1.807) is 12.1 Å². The molecule has 2 unspecified atom stereocenters. The normalized spacial score (nSPS) is 22.0. The summed E-state index contributed by atoms with van der Waals surface area (Å²) in [5.74, 6) is -0.984. The van der Waals surface area contributed by atoms with Crippen LogP contribution >= 0.6 is 0 Å². The molecule has 5 nitrogen and oxygen atoms in total. The zero-order valence-electron chi connectivity index (χ0n) is 18.3. The molecule has 0 radical (unpaired) electrons. The molecule has 162 valence electrons. The first kappa shape index (κ1) is 21.2. The van der Waals surface area contributed by atoms with Gasteiger partial charge in [0.1, 0.15) is 11.5 Å². The maximum atomic E-state index is 13.6. The van der Waals surface area contributed by atoms with Gasteiger partial charge in [-0.25, -0.2) is 4.39 Å². The fourth-order valence-electron chi connectivity index (χ4n) is 4.47. The average Bonchev–Trinajstić information content (AvgIpc) is 2.93. The van der Waals surface area contributed by atoms with Gasteiger partial charge in [0, 0.05) is 13.1 Å². The van der Waals surface area contributed by atoms with Crippen molar-refractivity contribution in [3.8, 4) is 0 Å². The van der Waals surface area contributed by atoms with Crippen molar-refractivity contribution in [2.45, 2.75) is 46.4 Å². The van der Waals surface area contributed by atoms with Crippen LogP contribution in [0.25, 0.3) is 5.57 Å². The van der Waals surface area contributed by atoms with Gasteiger partial charge in [-0.05, 0) is 56.5 Å². The van der Waals surface area contributed by atoms with Crippen LogP contribution in [0.2, 0.25) is 0 Å². The molecule has 0 saturated carbocycles. The largest absolute Gasteiger partial charge is 0.372 e. The molecule has 2 aliphatic rings. The van der Waals surface area contributed by atoms with Crippen molar-refractivity contribution < 1.29 is 18.7 Å². The molecule has 0 spiro atoms. The Labute approximate surface area is 182 Å². The molecule has 2 aromatic carbocycles. The molecule has 1 saturated heterocycles. The summed E-state index contributed by atoms with van der Waals surface area (Å²) < 4.78 is 19.2. The maximum absolute atomic E-state index is 13.6. The summed E-state index contributed by atoms with van der Waals surface area (Å²) in [5, 5.41) is 0. The smallest absolute Gasteiger partial charge is 0.278 e. The number of ether oxygens (including phenoxy) is 1. The van der Waals surface area contributed by atoms with Crippen LogP contribution in [-0.2, 0) is 20.9 Å². The molecular weight excluding hydrogens is 395 g/mol. The number of aryl methyl sites for hydroxylation is 2. The Kier molecular flexibility index (Phi) is 5.67. The standard InChI is InChI=1S/C25H27FN2O3/c1-15-5-10-21(16(2)11-15)22-23(27-12-17(3)31-18(4)13-27)25(30)28(24(22)29)14-19-6-8-20(26)9-7-19/h5-11,17-18H,12-14H2,1-4H3. The second-order valence-corrected chi connectivity index (χ2v) is 8.53. The van der Waals surface area contributed by atoms with E-state index in [9.17, 15) is 14.0 Å². The molecule has 2 aliphatic heterocycles. The van der Waals surface area contributed by atoms with Crippen LogP contribution in [-0.4, -0.2) is 46.9 Å². The van der Waals surface area contributed by atoms with E-state index in [2.05, 4.69) is 0 Å². The Morgan fingerprint density at radius 2 is 1.61 bits per heavy atom. The van der Waals surface area contributed by atoms with Crippen molar-refractivity contribution in [3.63, 3.8) is 0 Å². The van der Waals surface area contributed by atoms with E-state index in [1.165, 1.54) is 17.0 Å². The second kappa shape index (κ2) is 8.27. The number of nitrogens with zero attached hydrogens (tertiary/aromatic N) is 2. The van der Waals surface area contributed by atoms with Gasteiger partial charge in [0.25, 0.3) is 11.8 Å². The summed E-state index contributed by atoms with van der Waals surface area (Å²) in [7, 11) is 0. The molecule has 2 amide bonds. The van der Waals surface area contributed by atoms with Gasteiger partial charge < -0.3 is 9.64 Å². The first-order valence-corrected chi connectivity index (χ1v) is 10.6. The van der Waals surface area contributed by atoms with Gasteiger partial charge in [-0.1, -0.05) is 35.9 Å². The van der Waals surface area contributed by atoms with E-state index < -0.39 is 0 Å². The Balaban J connectivity index is 1.78. The lowest BCUT2D eigenvalue weighted by molar-refractivity contribution is -0.139. The van der Waals surface area contributed by atoms with Gasteiger partial charge >= 0.3 is 0 Å². The maximum Gasteiger partial charge on any atom is 0.278 e. The van der Waals surface area contributed by atoms with E-state index in [0.717, 1.165) is 16.7 Å². The van der Waals surface area contributed by atoms with Crippen LogP contribution < -0.4 is 0 Å². The fraction of sp³-hybridized carbons (Fsp3) is 0.360. The Morgan fingerprint density at radius 1 is 0.968 bits per heavy atom. The lowest BCUT2D eigenvalue weighted by Gasteiger charge is -2.37.